The van der Waals surface area contributed by atoms with Crippen molar-refractivity contribution in [2.75, 3.05) is 0 Å². The normalized spacial score (nSPS) is 11.6. The molecule has 0 aliphatic heterocycles. The first-order valence-corrected chi connectivity index (χ1v) is 14.8. The van der Waals surface area contributed by atoms with Gasteiger partial charge in [-0.25, -0.2) is 0 Å². The zero-order chi connectivity index (χ0) is 30.9. The van der Waals surface area contributed by atoms with E-state index in [0.717, 1.165) is 32.1 Å². The van der Waals surface area contributed by atoms with Crippen molar-refractivity contribution >= 4 is 5.57 Å². The van der Waals surface area contributed by atoms with E-state index in [4.69, 9.17) is 0 Å². The number of benzene rings is 2. The van der Waals surface area contributed by atoms with Crippen LogP contribution in [0, 0.1) is 13.8 Å². The number of rotatable bonds is 11. The molecule has 0 saturated carbocycles. The van der Waals surface area contributed by atoms with Crippen LogP contribution in [0.5, 0.6) is 0 Å². The topological polar surface area (TPSA) is 0 Å². The van der Waals surface area contributed by atoms with Gasteiger partial charge in [-0.15, -0.1) is 13.2 Å². The maximum Gasteiger partial charge on any atom is -0.0228 e. The predicted molar refractivity (Wildman–Crippen MR) is 187 cm³/mol. The Morgan fingerprint density at radius 3 is 1.75 bits per heavy atom. The molecule has 0 heterocycles. The van der Waals surface area contributed by atoms with Crippen molar-refractivity contribution in [3.63, 3.8) is 0 Å². The molecule has 0 atom stereocenters. The van der Waals surface area contributed by atoms with Gasteiger partial charge in [0.2, 0.25) is 0 Å². The molecule has 0 nitrogen and oxygen atoms in total. The molecule has 2 rings (SSSR count). The summed E-state index contributed by atoms with van der Waals surface area (Å²) in [5.74, 6) is 0. The Morgan fingerprint density at radius 2 is 1.30 bits per heavy atom. The van der Waals surface area contributed by atoms with Crippen molar-refractivity contribution in [2.45, 2.75) is 94.4 Å². The summed E-state index contributed by atoms with van der Waals surface area (Å²) in [6.07, 6.45) is 15.8. The van der Waals surface area contributed by atoms with Crippen LogP contribution in [0.2, 0.25) is 0 Å². The van der Waals surface area contributed by atoms with Gasteiger partial charge in [0.15, 0.2) is 0 Å². The summed E-state index contributed by atoms with van der Waals surface area (Å²) in [5, 5.41) is 0. The van der Waals surface area contributed by atoms with Gasteiger partial charge in [-0.3, -0.25) is 0 Å². The molecule has 0 aromatic heterocycles. The highest BCUT2D eigenvalue weighted by atomic mass is 14.1. The van der Waals surface area contributed by atoms with Gasteiger partial charge in [0.1, 0.15) is 0 Å². The third kappa shape index (κ3) is 18.0. The lowest BCUT2D eigenvalue weighted by Crippen LogP contribution is -1.89. The second-order valence-electron chi connectivity index (χ2n) is 9.70. The van der Waals surface area contributed by atoms with E-state index in [2.05, 4.69) is 142 Å². The molecular weight excluding hydrogens is 480 g/mol. The Kier molecular flexibility index (Phi) is 23.9. The second-order valence-corrected chi connectivity index (χ2v) is 9.70. The first-order chi connectivity index (χ1) is 19.2. The quantitative estimate of drug-likeness (QED) is 0.197. The van der Waals surface area contributed by atoms with Gasteiger partial charge in [-0.2, -0.15) is 0 Å². The highest BCUT2D eigenvalue weighted by molar-refractivity contribution is 5.66. The third-order valence-corrected chi connectivity index (χ3v) is 6.50. The molecule has 0 heteroatoms. The minimum absolute atomic E-state index is 1.02. The van der Waals surface area contributed by atoms with E-state index in [1.165, 1.54) is 50.1 Å². The van der Waals surface area contributed by atoms with Crippen LogP contribution in [0.15, 0.2) is 128 Å². The Labute approximate surface area is 249 Å². The predicted octanol–water partition coefficient (Wildman–Crippen LogP) is 12.9. The van der Waals surface area contributed by atoms with Crippen molar-refractivity contribution in [1.82, 2.24) is 0 Å². The number of hydrogen-bond donors (Lipinski definition) is 0. The molecule has 2 aromatic rings. The van der Waals surface area contributed by atoms with E-state index in [0.29, 0.717) is 0 Å². The summed E-state index contributed by atoms with van der Waals surface area (Å²) >= 11 is 0. The van der Waals surface area contributed by atoms with Crippen molar-refractivity contribution in [1.29, 1.82) is 0 Å². The van der Waals surface area contributed by atoms with Crippen molar-refractivity contribution in [2.24, 2.45) is 0 Å². The molecule has 0 aliphatic rings. The fourth-order valence-electron chi connectivity index (χ4n) is 3.61. The largest absolute Gasteiger partial charge is 0.106 e. The smallest absolute Gasteiger partial charge is 0.0228 e. The average molecular weight is 539 g/mol. The van der Waals surface area contributed by atoms with Crippen LogP contribution in [0.25, 0.3) is 5.57 Å². The summed E-state index contributed by atoms with van der Waals surface area (Å²) in [4.78, 5) is 0. The molecule has 0 amide bonds. The lowest BCUT2D eigenvalue weighted by molar-refractivity contribution is 0.817. The van der Waals surface area contributed by atoms with Gasteiger partial charge in [-0.05, 0) is 89.0 Å². The van der Waals surface area contributed by atoms with Crippen LogP contribution >= 0.6 is 0 Å². The molecule has 2 aromatic carbocycles. The zero-order valence-corrected chi connectivity index (χ0v) is 27.4. The number of hydrogen-bond acceptors (Lipinski definition) is 0. The van der Waals surface area contributed by atoms with Crippen molar-refractivity contribution < 1.29 is 0 Å². The van der Waals surface area contributed by atoms with E-state index >= 15 is 0 Å². The van der Waals surface area contributed by atoms with E-state index in [1.54, 1.807) is 0 Å². The van der Waals surface area contributed by atoms with Gasteiger partial charge in [0, 0.05) is 0 Å². The molecule has 40 heavy (non-hydrogen) atoms. The summed E-state index contributed by atoms with van der Waals surface area (Å²) in [7, 11) is 0. The van der Waals surface area contributed by atoms with Crippen LogP contribution in [-0.2, 0) is 6.42 Å². The second kappa shape index (κ2) is 24.6. The van der Waals surface area contributed by atoms with Gasteiger partial charge in [-0.1, -0.05) is 148 Å². The molecule has 0 aliphatic carbocycles. The molecule has 0 N–H and O–H groups in total. The lowest BCUT2D eigenvalue weighted by Gasteiger charge is -2.09. The first kappa shape index (κ1) is 38.8. The molecular formula is C40H58. The highest BCUT2D eigenvalue weighted by Gasteiger charge is 2.02. The third-order valence-electron chi connectivity index (χ3n) is 6.50. The molecule has 0 radical (unpaired) electrons. The van der Waals surface area contributed by atoms with Crippen LogP contribution in [0.3, 0.4) is 0 Å². The van der Waals surface area contributed by atoms with Gasteiger partial charge in [0.05, 0.1) is 0 Å². The first-order valence-electron chi connectivity index (χ1n) is 14.8. The molecule has 0 saturated heterocycles. The summed E-state index contributed by atoms with van der Waals surface area (Å²) < 4.78 is 0. The van der Waals surface area contributed by atoms with Crippen molar-refractivity contribution in [3.8, 4) is 0 Å². The Bertz CT molecular complexity index is 1060. The Balaban J connectivity index is 0. The Morgan fingerprint density at radius 1 is 0.775 bits per heavy atom. The Hall–Kier alpha value is -3.38. The standard InChI is InChI=1S/C28H38.C8H10.C2H6.C2H4/c1-8-12-27(21-22(4)9-2)16-15-23(5)13-11-14-24(6)25(7)28-19-17-26(10-3)18-20-28;1-7-3-5-8(2)6-4-7;2*1-2/h8,12,15-21H,1,5,9-11,13-14H2,2-4,6-7H3;3-6H,1-2H3;1-2H3;1-2H2/b16-15+,22-21-,25-24-,27-12-;;;. The monoisotopic (exact) mass is 538 g/mol. The van der Waals surface area contributed by atoms with Crippen LogP contribution < -0.4 is 0 Å². The maximum atomic E-state index is 4.23. The summed E-state index contributed by atoms with van der Waals surface area (Å²) in [6, 6.07) is 17.5. The maximum absolute atomic E-state index is 4.23. The zero-order valence-electron chi connectivity index (χ0n) is 27.4. The molecule has 0 bridgehead atoms. The average Bonchev–Trinajstić information content (AvgIpc) is 2.99. The molecule has 0 spiro atoms. The van der Waals surface area contributed by atoms with E-state index < -0.39 is 0 Å². The van der Waals surface area contributed by atoms with Crippen LogP contribution in [0.4, 0.5) is 0 Å². The fourth-order valence-corrected chi connectivity index (χ4v) is 3.61. The molecule has 0 unspecified atom stereocenters. The van der Waals surface area contributed by atoms with E-state index in [-0.39, 0.29) is 0 Å². The van der Waals surface area contributed by atoms with E-state index in [9.17, 15) is 0 Å². The number of aryl methyl sites for hydroxylation is 3. The van der Waals surface area contributed by atoms with Crippen LogP contribution in [-0.4, -0.2) is 0 Å². The summed E-state index contributed by atoms with van der Waals surface area (Å²) in [6.45, 7) is 33.3. The minimum Gasteiger partial charge on any atom is -0.106 e. The van der Waals surface area contributed by atoms with Gasteiger partial charge < -0.3 is 0 Å². The molecule has 218 valence electrons. The van der Waals surface area contributed by atoms with Gasteiger partial charge >= 0.3 is 0 Å². The summed E-state index contributed by atoms with van der Waals surface area (Å²) in [5.41, 5.74) is 12.0. The lowest BCUT2D eigenvalue weighted by atomic mass is 9.96. The van der Waals surface area contributed by atoms with Crippen LogP contribution in [0.1, 0.15) is 96.4 Å². The van der Waals surface area contributed by atoms with Gasteiger partial charge in [0.25, 0.3) is 0 Å². The highest BCUT2D eigenvalue weighted by Crippen LogP contribution is 2.23. The van der Waals surface area contributed by atoms with E-state index in [1.807, 2.05) is 26.0 Å². The minimum atomic E-state index is 1.02. The number of allylic oxidation sites excluding steroid dienone is 10. The fraction of sp³-hybridized carbons (Fsp3) is 0.350. The molecule has 0 fully saturated rings. The SMILES string of the molecule is C=C.C=C/C=C(\C=C(\C)CC)/C=C/C(=C)CCC/C(C)=C(/C)c1ccc(CC)cc1.CC.Cc1ccc(C)cc1. The van der Waals surface area contributed by atoms with Crippen molar-refractivity contribution in [3.05, 3.63) is 150 Å².